The van der Waals surface area contributed by atoms with Crippen LogP contribution in [0.15, 0.2) is 48.6 Å². The molecule has 0 fully saturated rings. The molecule has 7 heteroatoms. The molecule has 0 aliphatic rings. The number of aromatic nitrogens is 1. The van der Waals surface area contributed by atoms with Crippen LogP contribution < -0.4 is 10.2 Å². The molecular weight excluding hydrogens is 326 g/mol. The zero-order chi connectivity index (χ0) is 17.5. The van der Waals surface area contributed by atoms with Crippen LogP contribution in [0.4, 0.5) is 5.69 Å². The van der Waals surface area contributed by atoms with Gasteiger partial charge in [0.2, 0.25) is 5.91 Å². The maximum Gasteiger partial charge on any atom is 0.251 e. The second-order valence-corrected chi connectivity index (χ2v) is 6.14. The van der Waals surface area contributed by atoms with Crippen molar-refractivity contribution in [1.29, 1.82) is 0 Å². The van der Waals surface area contributed by atoms with E-state index in [0.29, 0.717) is 17.7 Å². The van der Waals surface area contributed by atoms with Crippen LogP contribution in [0.2, 0.25) is 0 Å². The highest BCUT2D eigenvalue weighted by Crippen LogP contribution is 2.15. The van der Waals surface area contributed by atoms with E-state index in [1.165, 1.54) is 22.3 Å². The Morgan fingerprint density at radius 3 is 2.67 bits per heavy atom. The van der Waals surface area contributed by atoms with Gasteiger partial charge in [0.05, 0.1) is 18.2 Å². The van der Waals surface area contributed by atoms with Crippen LogP contribution >= 0.6 is 11.3 Å². The van der Waals surface area contributed by atoms with Crippen molar-refractivity contribution in [1.82, 2.24) is 10.3 Å². The highest BCUT2D eigenvalue weighted by molar-refractivity contribution is 7.09. The second kappa shape index (κ2) is 8.37. The summed E-state index contributed by atoms with van der Waals surface area (Å²) < 4.78 is 0. The molecule has 0 saturated carbocycles. The van der Waals surface area contributed by atoms with E-state index >= 15 is 0 Å². The third-order valence-electron chi connectivity index (χ3n) is 3.51. The van der Waals surface area contributed by atoms with Crippen molar-refractivity contribution in [3.8, 4) is 0 Å². The normalized spacial score (nSPS) is 11.6. The number of carbonyl (C=O) groups is 2. The summed E-state index contributed by atoms with van der Waals surface area (Å²) in [5, 5.41) is 12.2. The number of benzene rings is 1. The number of aliphatic hydroxyl groups is 1. The first-order valence-electron chi connectivity index (χ1n) is 7.34. The van der Waals surface area contributed by atoms with Crippen LogP contribution in [0.25, 0.3) is 0 Å². The molecule has 1 unspecified atom stereocenters. The average molecular weight is 345 g/mol. The second-order valence-electron chi connectivity index (χ2n) is 5.17. The Bertz CT molecular complexity index is 698. The molecular formula is C17H19N3O3S. The molecule has 2 rings (SSSR count). The molecule has 1 aromatic heterocycles. The standard InChI is InChI=1S/C17H19N3O3S/c1-3-16(22)20(2)14-6-4-12(5-7-14)17(23)19-13(10-21)8-15-9-18-11-24-15/h3-7,9,11,13,21H,1,8,10H2,2H3,(H,19,23). The summed E-state index contributed by atoms with van der Waals surface area (Å²) in [5.74, 6) is -0.500. The molecule has 126 valence electrons. The van der Waals surface area contributed by atoms with Crippen LogP contribution in [0.3, 0.4) is 0 Å². The molecule has 0 radical (unpaired) electrons. The lowest BCUT2D eigenvalue weighted by atomic mass is 10.1. The topological polar surface area (TPSA) is 82.5 Å². The van der Waals surface area contributed by atoms with Gasteiger partial charge in [0, 0.05) is 35.8 Å². The van der Waals surface area contributed by atoms with E-state index < -0.39 is 0 Å². The number of carbonyl (C=O) groups excluding carboxylic acids is 2. The summed E-state index contributed by atoms with van der Waals surface area (Å²) in [6.07, 6.45) is 3.48. The van der Waals surface area contributed by atoms with Gasteiger partial charge in [-0.2, -0.15) is 0 Å². The minimum Gasteiger partial charge on any atom is -0.394 e. The van der Waals surface area contributed by atoms with Crippen molar-refractivity contribution in [2.24, 2.45) is 0 Å². The first-order chi connectivity index (χ1) is 11.5. The predicted molar refractivity (Wildman–Crippen MR) is 94.2 cm³/mol. The number of anilines is 1. The molecule has 0 aliphatic heterocycles. The Morgan fingerprint density at radius 1 is 1.42 bits per heavy atom. The fourth-order valence-corrected chi connectivity index (χ4v) is 2.79. The van der Waals surface area contributed by atoms with Gasteiger partial charge in [-0.25, -0.2) is 0 Å². The molecule has 0 bridgehead atoms. The van der Waals surface area contributed by atoms with E-state index in [1.807, 2.05) is 0 Å². The quantitative estimate of drug-likeness (QED) is 0.747. The Morgan fingerprint density at radius 2 is 2.12 bits per heavy atom. The van der Waals surface area contributed by atoms with Gasteiger partial charge in [-0.1, -0.05) is 6.58 Å². The van der Waals surface area contributed by atoms with Gasteiger partial charge in [0.25, 0.3) is 5.91 Å². The molecule has 24 heavy (non-hydrogen) atoms. The highest BCUT2D eigenvalue weighted by Gasteiger charge is 2.15. The van der Waals surface area contributed by atoms with E-state index in [-0.39, 0.29) is 24.5 Å². The summed E-state index contributed by atoms with van der Waals surface area (Å²) in [6, 6.07) is 6.28. The zero-order valence-corrected chi connectivity index (χ0v) is 14.1. The van der Waals surface area contributed by atoms with Gasteiger partial charge in [-0.05, 0) is 30.3 Å². The van der Waals surface area contributed by atoms with Crippen molar-refractivity contribution in [3.05, 3.63) is 59.1 Å². The number of rotatable bonds is 7. The molecule has 0 saturated heterocycles. The highest BCUT2D eigenvalue weighted by atomic mass is 32.1. The summed E-state index contributed by atoms with van der Waals surface area (Å²) in [5.41, 5.74) is 2.84. The van der Waals surface area contributed by atoms with Crippen molar-refractivity contribution >= 4 is 28.8 Å². The van der Waals surface area contributed by atoms with Gasteiger partial charge in [0.1, 0.15) is 0 Å². The Labute approximate surface area is 144 Å². The van der Waals surface area contributed by atoms with Crippen LogP contribution in [-0.4, -0.2) is 41.6 Å². The summed E-state index contributed by atoms with van der Waals surface area (Å²) >= 11 is 1.48. The lowest BCUT2D eigenvalue weighted by molar-refractivity contribution is -0.113. The Kier molecular flexibility index (Phi) is 6.22. The van der Waals surface area contributed by atoms with Gasteiger partial charge >= 0.3 is 0 Å². The molecule has 0 spiro atoms. The van der Waals surface area contributed by atoms with E-state index in [9.17, 15) is 14.7 Å². The maximum atomic E-state index is 12.3. The minimum atomic E-state index is -0.373. The lowest BCUT2D eigenvalue weighted by Gasteiger charge is -2.17. The molecule has 1 aromatic carbocycles. The summed E-state index contributed by atoms with van der Waals surface area (Å²) in [4.78, 5) is 30.3. The van der Waals surface area contributed by atoms with Crippen LogP contribution in [0.1, 0.15) is 15.2 Å². The lowest BCUT2D eigenvalue weighted by Crippen LogP contribution is -2.38. The number of nitrogens with zero attached hydrogens (tertiary/aromatic N) is 2. The average Bonchev–Trinajstić information content (AvgIpc) is 3.12. The zero-order valence-electron chi connectivity index (χ0n) is 13.3. The number of thiazole rings is 1. The fraction of sp³-hybridized carbons (Fsp3) is 0.235. The number of aliphatic hydroxyl groups excluding tert-OH is 1. The van der Waals surface area contributed by atoms with Crippen LogP contribution in [-0.2, 0) is 11.2 Å². The van der Waals surface area contributed by atoms with E-state index in [0.717, 1.165) is 4.88 Å². The minimum absolute atomic E-state index is 0.154. The van der Waals surface area contributed by atoms with Crippen molar-refractivity contribution in [3.63, 3.8) is 0 Å². The Balaban J connectivity index is 2.01. The predicted octanol–water partition coefficient (Wildman–Crippen LogP) is 1.63. The third-order valence-corrected chi connectivity index (χ3v) is 4.31. The number of nitrogens with one attached hydrogen (secondary N) is 1. The number of likely N-dealkylation sites (N-methyl/N-ethyl adjacent to an activating group) is 1. The smallest absolute Gasteiger partial charge is 0.251 e. The van der Waals surface area contributed by atoms with Gasteiger partial charge in [-0.15, -0.1) is 11.3 Å². The summed E-state index contributed by atoms with van der Waals surface area (Å²) in [6.45, 7) is 3.29. The van der Waals surface area contributed by atoms with Crippen molar-refractivity contribution < 1.29 is 14.7 Å². The first-order valence-corrected chi connectivity index (χ1v) is 8.22. The van der Waals surface area contributed by atoms with E-state index in [1.54, 1.807) is 43.0 Å². The van der Waals surface area contributed by atoms with Gasteiger partial charge in [-0.3, -0.25) is 14.6 Å². The molecule has 2 N–H and O–H groups in total. The SMILES string of the molecule is C=CC(=O)N(C)c1ccc(C(=O)NC(CO)Cc2cncs2)cc1. The fourth-order valence-electron chi connectivity index (χ4n) is 2.12. The molecule has 2 amide bonds. The number of amides is 2. The van der Waals surface area contributed by atoms with Crippen LogP contribution in [0.5, 0.6) is 0 Å². The molecule has 1 atom stereocenters. The van der Waals surface area contributed by atoms with E-state index in [2.05, 4.69) is 16.9 Å². The maximum absolute atomic E-state index is 12.3. The largest absolute Gasteiger partial charge is 0.394 e. The number of hydrogen-bond donors (Lipinski definition) is 2. The van der Waals surface area contributed by atoms with E-state index in [4.69, 9.17) is 0 Å². The van der Waals surface area contributed by atoms with Gasteiger partial charge in [0.15, 0.2) is 0 Å². The third kappa shape index (κ3) is 4.50. The Hall–Kier alpha value is -2.51. The summed E-state index contributed by atoms with van der Waals surface area (Å²) in [7, 11) is 1.63. The molecule has 6 nitrogen and oxygen atoms in total. The van der Waals surface area contributed by atoms with Crippen molar-refractivity contribution in [2.45, 2.75) is 12.5 Å². The molecule has 2 aromatic rings. The van der Waals surface area contributed by atoms with Gasteiger partial charge < -0.3 is 15.3 Å². The molecule has 1 heterocycles. The number of hydrogen-bond acceptors (Lipinski definition) is 5. The monoisotopic (exact) mass is 345 g/mol. The van der Waals surface area contributed by atoms with Crippen molar-refractivity contribution in [2.75, 3.05) is 18.6 Å². The first kappa shape index (κ1) is 17.8. The molecule has 0 aliphatic carbocycles. The van der Waals surface area contributed by atoms with Crippen LogP contribution in [0, 0.1) is 0 Å².